The number of hydrogen-bond acceptors (Lipinski definition) is 1. The predicted octanol–water partition coefficient (Wildman–Crippen LogP) is 3.98. The summed E-state index contributed by atoms with van der Waals surface area (Å²) in [6.07, 6.45) is 11.2. The van der Waals surface area contributed by atoms with E-state index in [1.807, 2.05) is 0 Å². The number of hydrogen-bond donors (Lipinski definition) is 0. The zero-order chi connectivity index (χ0) is 11.3. The molecule has 86 valence electrons. The summed E-state index contributed by atoms with van der Waals surface area (Å²) in [5.74, 6) is 0.902. The SMILES string of the molecule is CC/C=C1/CC(CCC)C/C1=C/N(C)C. The van der Waals surface area contributed by atoms with Crippen molar-refractivity contribution < 1.29 is 0 Å². The number of allylic oxidation sites excluding steroid dienone is 3. The molecule has 1 heteroatoms. The quantitative estimate of drug-likeness (QED) is 0.674. The van der Waals surface area contributed by atoms with E-state index < -0.39 is 0 Å². The Morgan fingerprint density at radius 3 is 2.40 bits per heavy atom. The summed E-state index contributed by atoms with van der Waals surface area (Å²) in [5.41, 5.74) is 3.17. The van der Waals surface area contributed by atoms with Gasteiger partial charge in [0.15, 0.2) is 0 Å². The average molecular weight is 207 g/mol. The molecule has 0 radical (unpaired) electrons. The van der Waals surface area contributed by atoms with Gasteiger partial charge in [0.25, 0.3) is 0 Å². The third-order valence-corrected chi connectivity index (χ3v) is 2.99. The van der Waals surface area contributed by atoms with E-state index in [1.54, 1.807) is 11.1 Å². The summed E-state index contributed by atoms with van der Waals surface area (Å²) in [4.78, 5) is 2.17. The average Bonchev–Trinajstić information content (AvgIpc) is 2.48. The Kier molecular flexibility index (Phi) is 4.93. The van der Waals surface area contributed by atoms with Gasteiger partial charge in [0, 0.05) is 20.3 Å². The fourth-order valence-corrected chi connectivity index (χ4v) is 2.48. The van der Waals surface area contributed by atoms with E-state index in [2.05, 4.69) is 45.1 Å². The summed E-state index contributed by atoms with van der Waals surface area (Å²) in [7, 11) is 4.23. The van der Waals surface area contributed by atoms with Crippen LogP contribution in [0.1, 0.15) is 46.0 Å². The molecular formula is C14H25N. The molecule has 1 atom stereocenters. The van der Waals surface area contributed by atoms with Gasteiger partial charge in [-0.3, -0.25) is 0 Å². The lowest BCUT2D eigenvalue weighted by Gasteiger charge is -2.08. The van der Waals surface area contributed by atoms with Crippen molar-refractivity contribution >= 4 is 0 Å². The molecule has 0 aromatic heterocycles. The van der Waals surface area contributed by atoms with Gasteiger partial charge in [0.1, 0.15) is 0 Å². The van der Waals surface area contributed by atoms with Gasteiger partial charge in [-0.1, -0.05) is 32.8 Å². The Labute approximate surface area is 94.9 Å². The fraction of sp³-hybridized carbons (Fsp3) is 0.714. The molecule has 15 heavy (non-hydrogen) atoms. The van der Waals surface area contributed by atoms with Crippen molar-refractivity contribution in [3.8, 4) is 0 Å². The molecule has 0 aliphatic heterocycles. The van der Waals surface area contributed by atoms with Crippen LogP contribution in [-0.2, 0) is 0 Å². The molecule has 1 aliphatic rings. The molecule has 1 unspecified atom stereocenters. The number of rotatable bonds is 4. The third-order valence-electron chi connectivity index (χ3n) is 2.99. The van der Waals surface area contributed by atoms with Crippen molar-refractivity contribution in [2.75, 3.05) is 14.1 Å². The molecule has 0 spiro atoms. The second-order valence-corrected chi connectivity index (χ2v) is 4.82. The van der Waals surface area contributed by atoms with E-state index in [0.29, 0.717) is 0 Å². The van der Waals surface area contributed by atoms with Gasteiger partial charge >= 0.3 is 0 Å². The van der Waals surface area contributed by atoms with Gasteiger partial charge in [-0.25, -0.2) is 0 Å². The Bertz CT molecular complexity index is 248. The van der Waals surface area contributed by atoms with Crippen molar-refractivity contribution in [1.82, 2.24) is 4.90 Å². The summed E-state index contributed by atoms with van der Waals surface area (Å²) < 4.78 is 0. The maximum absolute atomic E-state index is 2.41. The summed E-state index contributed by atoms with van der Waals surface area (Å²) >= 11 is 0. The summed E-state index contributed by atoms with van der Waals surface area (Å²) in [6, 6.07) is 0. The van der Waals surface area contributed by atoms with E-state index in [4.69, 9.17) is 0 Å². The van der Waals surface area contributed by atoms with Crippen LogP contribution >= 0.6 is 0 Å². The lowest BCUT2D eigenvalue weighted by Crippen LogP contribution is -2.02. The van der Waals surface area contributed by atoms with Gasteiger partial charge in [0.2, 0.25) is 0 Å². The van der Waals surface area contributed by atoms with Crippen molar-refractivity contribution in [3.05, 3.63) is 23.4 Å². The van der Waals surface area contributed by atoms with Gasteiger partial charge in [-0.15, -0.1) is 0 Å². The monoisotopic (exact) mass is 207 g/mol. The van der Waals surface area contributed by atoms with Crippen LogP contribution < -0.4 is 0 Å². The van der Waals surface area contributed by atoms with Crippen LogP contribution in [0.2, 0.25) is 0 Å². The van der Waals surface area contributed by atoms with Crippen molar-refractivity contribution in [1.29, 1.82) is 0 Å². The topological polar surface area (TPSA) is 3.24 Å². The van der Waals surface area contributed by atoms with Gasteiger partial charge in [0.05, 0.1) is 0 Å². The Hall–Kier alpha value is -0.720. The van der Waals surface area contributed by atoms with Crippen molar-refractivity contribution in [2.24, 2.45) is 5.92 Å². The van der Waals surface area contributed by atoms with Crippen LogP contribution in [0, 0.1) is 5.92 Å². The summed E-state index contributed by atoms with van der Waals surface area (Å²) in [6.45, 7) is 4.52. The van der Waals surface area contributed by atoms with E-state index in [1.165, 1.54) is 32.1 Å². The first-order chi connectivity index (χ1) is 7.17. The Balaban J connectivity index is 2.72. The third kappa shape index (κ3) is 3.73. The van der Waals surface area contributed by atoms with Gasteiger partial charge < -0.3 is 4.90 Å². The molecule has 1 fully saturated rings. The molecular weight excluding hydrogens is 182 g/mol. The maximum atomic E-state index is 2.41. The molecule has 0 bridgehead atoms. The lowest BCUT2D eigenvalue weighted by molar-refractivity contribution is 0.509. The molecule has 0 amide bonds. The molecule has 0 aromatic rings. The van der Waals surface area contributed by atoms with Crippen LogP contribution in [0.5, 0.6) is 0 Å². The molecule has 1 nitrogen and oxygen atoms in total. The highest BCUT2D eigenvalue weighted by Gasteiger charge is 2.22. The highest BCUT2D eigenvalue weighted by atomic mass is 15.0. The molecule has 1 aliphatic carbocycles. The summed E-state index contributed by atoms with van der Waals surface area (Å²) in [5, 5.41) is 0. The minimum absolute atomic E-state index is 0.902. The molecule has 0 heterocycles. The fourth-order valence-electron chi connectivity index (χ4n) is 2.48. The van der Waals surface area contributed by atoms with Crippen LogP contribution in [0.15, 0.2) is 23.4 Å². The Morgan fingerprint density at radius 1 is 1.20 bits per heavy atom. The number of nitrogens with zero attached hydrogens (tertiary/aromatic N) is 1. The van der Waals surface area contributed by atoms with E-state index >= 15 is 0 Å². The predicted molar refractivity (Wildman–Crippen MR) is 67.8 cm³/mol. The minimum Gasteiger partial charge on any atom is -0.383 e. The first kappa shape index (κ1) is 12.4. The van der Waals surface area contributed by atoms with Crippen molar-refractivity contribution in [3.63, 3.8) is 0 Å². The van der Waals surface area contributed by atoms with E-state index in [-0.39, 0.29) is 0 Å². The zero-order valence-electron chi connectivity index (χ0n) is 10.7. The largest absolute Gasteiger partial charge is 0.383 e. The normalized spacial score (nSPS) is 26.5. The van der Waals surface area contributed by atoms with Gasteiger partial charge in [-0.05, 0) is 36.3 Å². The van der Waals surface area contributed by atoms with Crippen LogP contribution in [-0.4, -0.2) is 19.0 Å². The lowest BCUT2D eigenvalue weighted by atomic mass is 10.0. The first-order valence-electron chi connectivity index (χ1n) is 6.23. The van der Waals surface area contributed by atoms with Crippen LogP contribution in [0.4, 0.5) is 0 Å². The molecule has 1 saturated carbocycles. The maximum Gasteiger partial charge on any atom is 0.00557 e. The second kappa shape index (κ2) is 5.99. The molecule has 0 N–H and O–H groups in total. The molecule has 1 rings (SSSR count). The second-order valence-electron chi connectivity index (χ2n) is 4.82. The highest BCUT2D eigenvalue weighted by Crippen LogP contribution is 2.38. The Morgan fingerprint density at radius 2 is 1.87 bits per heavy atom. The van der Waals surface area contributed by atoms with Crippen LogP contribution in [0.25, 0.3) is 0 Å². The van der Waals surface area contributed by atoms with E-state index in [9.17, 15) is 0 Å². The van der Waals surface area contributed by atoms with E-state index in [0.717, 1.165) is 5.92 Å². The van der Waals surface area contributed by atoms with Crippen LogP contribution in [0.3, 0.4) is 0 Å². The molecule has 0 saturated heterocycles. The first-order valence-corrected chi connectivity index (χ1v) is 6.23. The van der Waals surface area contributed by atoms with Crippen molar-refractivity contribution in [2.45, 2.75) is 46.0 Å². The highest BCUT2D eigenvalue weighted by molar-refractivity contribution is 5.35. The molecule has 0 aromatic carbocycles. The smallest absolute Gasteiger partial charge is 0.00557 e. The van der Waals surface area contributed by atoms with Gasteiger partial charge in [-0.2, -0.15) is 0 Å². The zero-order valence-corrected chi connectivity index (χ0v) is 10.7. The minimum atomic E-state index is 0.902. The standard InChI is InChI=1S/C14H25N/c1-5-7-12-9-13(8-6-2)14(10-12)11-15(3)4/h8,11-12H,5-7,9-10H2,1-4H3/b13-8-,14-11-.